The van der Waals surface area contributed by atoms with Gasteiger partial charge in [-0.3, -0.25) is 19.7 Å². The van der Waals surface area contributed by atoms with Crippen molar-refractivity contribution in [2.45, 2.75) is 89.8 Å². The first-order valence-electron chi connectivity index (χ1n) is 20.1. The van der Waals surface area contributed by atoms with E-state index in [1.807, 2.05) is 77.2 Å². The number of hydrogen-bond donors (Lipinski definition) is 6. The zero-order valence-corrected chi connectivity index (χ0v) is 33.8. The molecule has 59 heavy (non-hydrogen) atoms. The SMILES string of the molecule is Cc1cc(-c2ncnc3[nH]c(-c4ccc(NCCNC5CC(c6ccc(N[C@H]7CCC(=O)NC7=O)cc6)C5)nc4)cc23)ccc1[C@@H](C)NC(=O)c1nc(C(C)(C)C)no1. The number of carbonyl (C=O) groups excluding carboxylic acids is 3. The molecule has 2 aliphatic rings. The van der Waals surface area contributed by atoms with Gasteiger partial charge >= 0.3 is 11.8 Å². The molecule has 3 amide bonds. The molecule has 5 heterocycles. The van der Waals surface area contributed by atoms with Gasteiger partial charge in [0, 0.05) is 65.1 Å². The number of piperidine rings is 1. The molecule has 1 aliphatic carbocycles. The highest BCUT2D eigenvalue weighted by Crippen LogP contribution is 2.37. The first-order chi connectivity index (χ1) is 28.4. The van der Waals surface area contributed by atoms with E-state index in [-0.39, 0.29) is 35.2 Å². The molecular weight excluding hydrogens is 747 g/mol. The lowest BCUT2D eigenvalue weighted by atomic mass is 9.76. The number of hydrogen-bond acceptors (Lipinski definition) is 12. The lowest BCUT2D eigenvalue weighted by molar-refractivity contribution is -0.133. The summed E-state index contributed by atoms with van der Waals surface area (Å²) in [4.78, 5) is 57.9. The monoisotopic (exact) mass is 795 g/mol. The molecule has 1 saturated carbocycles. The number of benzene rings is 2. The third-order valence-electron chi connectivity index (χ3n) is 11.1. The molecule has 6 aromatic rings. The Morgan fingerprint density at radius 1 is 0.966 bits per heavy atom. The Balaban J connectivity index is 0.811. The van der Waals surface area contributed by atoms with Crippen LogP contribution in [0.15, 0.2) is 77.7 Å². The van der Waals surface area contributed by atoms with Gasteiger partial charge in [-0.2, -0.15) is 4.98 Å². The van der Waals surface area contributed by atoms with Crippen molar-refractivity contribution in [1.82, 2.24) is 46.0 Å². The first kappa shape index (κ1) is 39.4. The van der Waals surface area contributed by atoms with Crippen LogP contribution in [0, 0.1) is 6.92 Å². The molecular formula is C44H49N11O4. The lowest BCUT2D eigenvalue weighted by Crippen LogP contribution is -2.47. The lowest BCUT2D eigenvalue weighted by Gasteiger charge is -2.36. The predicted octanol–water partition coefficient (Wildman–Crippen LogP) is 6.33. The first-order valence-corrected chi connectivity index (χ1v) is 20.1. The van der Waals surface area contributed by atoms with Gasteiger partial charge in [0.15, 0.2) is 5.82 Å². The van der Waals surface area contributed by atoms with Crippen molar-refractivity contribution in [3.8, 4) is 22.5 Å². The number of amides is 3. The van der Waals surface area contributed by atoms with Gasteiger partial charge < -0.3 is 30.8 Å². The number of carbonyl (C=O) groups is 3. The van der Waals surface area contributed by atoms with Crippen molar-refractivity contribution < 1.29 is 18.9 Å². The van der Waals surface area contributed by atoms with Crippen LogP contribution in [0.5, 0.6) is 0 Å². The van der Waals surface area contributed by atoms with Gasteiger partial charge in [0.1, 0.15) is 23.8 Å². The average molecular weight is 796 g/mol. The summed E-state index contributed by atoms with van der Waals surface area (Å²) in [6.07, 6.45) is 6.44. The Morgan fingerprint density at radius 3 is 2.47 bits per heavy atom. The van der Waals surface area contributed by atoms with Crippen LogP contribution in [0.1, 0.15) is 98.5 Å². The molecule has 0 bridgehead atoms. The number of fused-ring (bicyclic) bond motifs is 1. The molecule has 4 aromatic heterocycles. The molecule has 1 saturated heterocycles. The van der Waals surface area contributed by atoms with E-state index in [0.717, 1.165) is 82.1 Å². The molecule has 2 aromatic carbocycles. The fraction of sp³-hybridized carbons (Fsp3) is 0.364. The Hall–Kier alpha value is -6.48. The number of nitrogens with zero attached hydrogens (tertiary/aromatic N) is 5. The van der Waals surface area contributed by atoms with Crippen molar-refractivity contribution >= 4 is 40.3 Å². The second-order valence-corrected chi connectivity index (χ2v) is 16.6. The molecule has 304 valence electrons. The normalized spacial score (nSPS) is 18.6. The van der Waals surface area contributed by atoms with Crippen molar-refractivity contribution in [1.29, 1.82) is 0 Å². The largest absolute Gasteiger partial charge is 0.374 e. The number of nitrogens with one attached hydrogen (secondary N) is 6. The molecule has 0 radical (unpaired) electrons. The van der Waals surface area contributed by atoms with Gasteiger partial charge in [-0.25, -0.2) is 15.0 Å². The van der Waals surface area contributed by atoms with Crippen LogP contribution in [-0.2, 0) is 15.0 Å². The van der Waals surface area contributed by atoms with Gasteiger partial charge in [0.25, 0.3) is 0 Å². The fourth-order valence-corrected chi connectivity index (χ4v) is 7.66. The molecule has 0 unspecified atom stereocenters. The fourth-order valence-electron chi connectivity index (χ4n) is 7.66. The van der Waals surface area contributed by atoms with Crippen LogP contribution >= 0.6 is 0 Å². The minimum Gasteiger partial charge on any atom is -0.374 e. The van der Waals surface area contributed by atoms with E-state index in [0.29, 0.717) is 30.6 Å². The molecule has 2 atom stereocenters. The number of H-pyrrole nitrogens is 1. The Bertz CT molecular complexity index is 2480. The number of pyridine rings is 1. The van der Waals surface area contributed by atoms with E-state index >= 15 is 0 Å². The molecule has 15 heteroatoms. The Labute approximate surface area is 342 Å². The summed E-state index contributed by atoms with van der Waals surface area (Å²) < 4.78 is 5.23. The number of rotatable bonds is 13. The van der Waals surface area contributed by atoms with Crippen molar-refractivity contribution in [3.05, 3.63) is 102 Å². The van der Waals surface area contributed by atoms with Gasteiger partial charge in [-0.1, -0.05) is 50.2 Å². The summed E-state index contributed by atoms with van der Waals surface area (Å²) in [6.45, 7) is 11.4. The number of aryl methyl sites for hydroxylation is 1. The molecule has 15 nitrogen and oxygen atoms in total. The molecule has 2 fully saturated rings. The summed E-state index contributed by atoms with van der Waals surface area (Å²) >= 11 is 0. The number of aromatic nitrogens is 6. The number of anilines is 2. The van der Waals surface area contributed by atoms with Crippen molar-refractivity contribution in [3.63, 3.8) is 0 Å². The molecule has 1 aliphatic heterocycles. The van der Waals surface area contributed by atoms with Crippen LogP contribution < -0.4 is 26.6 Å². The van der Waals surface area contributed by atoms with E-state index in [4.69, 9.17) is 4.52 Å². The van der Waals surface area contributed by atoms with Gasteiger partial charge in [0.05, 0.1) is 11.7 Å². The summed E-state index contributed by atoms with van der Waals surface area (Å²) in [6, 6.07) is 20.2. The maximum atomic E-state index is 12.9. The topological polar surface area (TPSA) is 205 Å². The van der Waals surface area contributed by atoms with Gasteiger partial charge in [-0.05, 0) is 92.1 Å². The van der Waals surface area contributed by atoms with E-state index in [2.05, 4.69) is 80.9 Å². The minimum atomic E-state index is -0.416. The Kier molecular flexibility index (Phi) is 10.9. The van der Waals surface area contributed by atoms with E-state index < -0.39 is 5.91 Å². The van der Waals surface area contributed by atoms with Crippen molar-refractivity contribution in [2.24, 2.45) is 0 Å². The average Bonchev–Trinajstić information content (AvgIpc) is 3.88. The second-order valence-electron chi connectivity index (χ2n) is 16.6. The molecule has 8 rings (SSSR count). The van der Waals surface area contributed by atoms with Gasteiger partial charge in [-0.15, -0.1) is 0 Å². The summed E-state index contributed by atoms with van der Waals surface area (Å²) in [7, 11) is 0. The van der Waals surface area contributed by atoms with Gasteiger partial charge in [0.2, 0.25) is 11.8 Å². The minimum absolute atomic E-state index is 0.0547. The summed E-state index contributed by atoms with van der Waals surface area (Å²) in [5.41, 5.74) is 8.13. The third kappa shape index (κ3) is 8.84. The highest BCUT2D eigenvalue weighted by Gasteiger charge is 2.30. The van der Waals surface area contributed by atoms with Crippen LogP contribution in [-0.4, -0.2) is 73.0 Å². The third-order valence-corrected chi connectivity index (χ3v) is 11.1. The van der Waals surface area contributed by atoms with E-state index in [1.165, 1.54) is 5.56 Å². The highest BCUT2D eigenvalue weighted by atomic mass is 16.5. The van der Waals surface area contributed by atoms with Crippen LogP contribution in [0.2, 0.25) is 0 Å². The second kappa shape index (κ2) is 16.4. The maximum Gasteiger partial charge on any atom is 0.315 e. The zero-order chi connectivity index (χ0) is 41.3. The van der Waals surface area contributed by atoms with Crippen LogP contribution in [0.25, 0.3) is 33.5 Å². The maximum absolute atomic E-state index is 12.9. The smallest absolute Gasteiger partial charge is 0.315 e. The standard InChI is InChI=1S/C44H49N11O4/c1-24-18-27(8-12-32(24)25(2)50-41(58)42-54-43(55-59-42)44(3,4)5)38-33-21-35(52-39(33)49-23-48-38)28-9-14-36(47-22-28)46-17-16-45-31-19-29(20-31)26-6-10-30(11-7-26)51-34-13-15-37(56)53-40(34)57/h6-12,14,18,21-23,25,29,31,34,45,51H,13,15-17,19-20H2,1-5H3,(H,46,47)(H,50,58)(H,48,49,52)(H,53,56,57)/t25-,29?,31?,34+/m1/s1. The molecule has 0 spiro atoms. The zero-order valence-electron chi connectivity index (χ0n) is 33.8. The van der Waals surface area contributed by atoms with E-state index in [9.17, 15) is 14.4 Å². The van der Waals surface area contributed by atoms with Crippen LogP contribution in [0.3, 0.4) is 0 Å². The highest BCUT2D eigenvalue weighted by molar-refractivity contribution is 6.01. The quantitative estimate of drug-likeness (QED) is 0.0561. The van der Waals surface area contributed by atoms with Crippen molar-refractivity contribution in [2.75, 3.05) is 23.7 Å². The van der Waals surface area contributed by atoms with Crippen LogP contribution in [0.4, 0.5) is 11.5 Å². The Morgan fingerprint density at radius 2 is 1.76 bits per heavy atom. The van der Waals surface area contributed by atoms with E-state index in [1.54, 1.807) is 6.33 Å². The summed E-state index contributed by atoms with van der Waals surface area (Å²) in [5.74, 6) is 0.853. The molecule has 6 N–H and O–H groups in total. The predicted molar refractivity (Wildman–Crippen MR) is 225 cm³/mol. The summed E-state index contributed by atoms with van der Waals surface area (Å²) in [5, 5.41) is 20.5. The number of imide groups is 1. The number of aromatic amines is 1.